The highest BCUT2D eigenvalue weighted by Crippen LogP contribution is 2.28. The molecule has 0 saturated heterocycles. The fourth-order valence-corrected chi connectivity index (χ4v) is 1.82. The predicted octanol–water partition coefficient (Wildman–Crippen LogP) is -0.273. The summed E-state index contributed by atoms with van der Waals surface area (Å²) in [6.07, 6.45) is 0. The molecule has 0 rings (SSSR count). The minimum Gasteiger partial charge on any atom is -0.389 e. The molecule has 0 radical (unpaired) electrons. The van der Waals surface area contributed by atoms with Crippen LogP contribution in [0.15, 0.2) is 0 Å². The maximum Gasteiger partial charge on any atom is 0.523 e. The molecular weight excluding hydrogens is 408 g/mol. The highest BCUT2D eigenvalue weighted by atomic mass is 32.2. The van der Waals surface area contributed by atoms with Crippen LogP contribution in [0, 0.1) is 10.1 Å². The molecule has 0 aliphatic carbocycles. The maximum absolute atomic E-state index is 12.0. The molecular formula is C6H7F6NO9S2. The number of nitro groups is 1. The third kappa shape index (κ3) is 5.13. The topological polar surface area (TPSA) is 150 Å². The zero-order valence-corrected chi connectivity index (χ0v) is 12.5. The maximum atomic E-state index is 12.0. The highest BCUT2D eigenvalue weighted by Gasteiger charge is 2.54. The average Bonchev–Trinajstić information content (AvgIpc) is 2.36. The summed E-state index contributed by atoms with van der Waals surface area (Å²) < 4.78 is 121. The van der Waals surface area contributed by atoms with Crippen LogP contribution >= 0.6 is 0 Å². The van der Waals surface area contributed by atoms with Gasteiger partial charge in [-0.1, -0.05) is 0 Å². The Kier molecular flexibility index (Phi) is 6.58. The number of aliphatic hydroxyl groups is 1. The summed E-state index contributed by atoms with van der Waals surface area (Å²) in [6, 6.07) is 0. The van der Waals surface area contributed by atoms with Gasteiger partial charge in [0.1, 0.15) is 19.8 Å². The Morgan fingerprint density at radius 1 is 0.875 bits per heavy atom. The van der Waals surface area contributed by atoms with E-state index in [1.807, 2.05) is 0 Å². The van der Waals surface area contributed by atoms with Crippen LogP contribution in [0.3, 0.4) is 0 Å². The lowest BCUT2D eigenvalue weighted by atomic mass is 10.1. The van der Waals surface area contributed by atoms with Crippen LogP contribution in [0.25, 0.3) is 0 Å². The molecule has 0 unspecified atom stereocenters. The van der Waals surface area contributed by atoms with Crippen LogP contribution in [0.5, 0.6) is 0 Å². The minimum atomic E-state index is -6.40. The Bertz CT molecular complexity index is 618. The lowest BCUT2D eigenvalue weighted by Crippen LogP contribution is -2.52. The van der Waals surface area contributed by atoms with Crippen molar-refractivity contribution >= 4 is 20.2 Å². The SMILES string of the molecule is O=[N+]([O-])C(CO)(COS(=O)(=O)C(F)(F)F)COS(=O)(=O)C(F)(F)F. The average molecular weight is 415 g/mol. The Balaban J connectivity index is 5.45. The van der Waals surface area contributed by atoms with Crippen LogP contribution in [0.1, 0.15) is 0 Å². The summed E-state index contributed by atoms with van der Waals surface area (Å²) in [5.41, 5.74) is -15.5. The molecule has 24 heavy (non-hydrogen) atoms. The smallest absolute Gasteiger partial charge is 0.389 e. The van der Waals surface area contributed by atoms with E-state index in [0.717, 1.165) is 0 Å². The molecule has 0 aromatic rings. The van der Waals surface area contributed by atoms with Crippen LogP contribution in [-0.2, 0) is 28.6 Å². The van der Waals surface area contributed by atoms with Crippen molar-refractivity contribution in [2.24, 2.45) is 0 Å². The molecule has 0 aliphatic heterocycles. The number of rotatable bonds is 8. The quantitative estimate of drug-likeness (QED) is 0.186. The lowest BCUT2D eigenvalue weighted by molar-refractivity contribution is -0.578. The van der Waals surface area contributed by atoms with E-state index in [9.17, 15) is 53.3 Å². The molecule has 0 bridgehead atoms. The van der Waals surface area contributed by atoms with Crippen molar-refractivity contribution in [3.63, 3.8) is 0 Å². The monoisotopic (exact) mass is 415 g/mol. The second kappa shape index (κ2) is 6.94. The molecule has 0 aromatic carbocycles. The molecule has 0 saturated carbocycles. The largest absolute Gasteiger partial charge is 0.523 e. The molecule has 0 aromatic heterocycles. The van der Waals surface area contributed by atoms with Crippen LogP contribution in [0.2, 0.25) is 0 Å². The van der Waals surface area contributed by atoms with Gasteiger partial charge in [0.2, 0.25) is 0 Å². The Morgan fingerprint density at radius 3 is 1.33 bits per heavy atom. The molecule has 0 spiro atoms. The zero-order valence-electron chi connectivity index (χ0n) is 10.9. The van der Waals surface area contributed by atoms with E-state index in [-0.39, 0.29) is 0 Å². The van der Waals surface area contributed by atoms with Crippen LogP contribution < -0.4 is 0 Å². The Labute approximate surface area is 129 Å². The van der Waals surface area contributed by atoms with Crippen molar-refractivity contribution in [3.05, 3.63) is 10.1 Å². The molecule has 10 nitrogen and oxygen atoms in total. The number of nitrogens with zero attached hydrogens (tertiary/aromatic N) is 1. The number of aliphatic hydroxyl groups excluding tert-OH is 1. The summed E-state index contributed by atoms with van der Waals surface area (Å²) in [5, 5.41) is 19.5. The van der Waals surface area contributed by atoms with Gasteiger partial charge in [-0.05, 0) is 0 Å². The molecule has 0 fully saturated rings. The Morgan fingerprint density at radius 2 is 1.17 bits per heavy atom. The summed E-state index contributed by atoms with van der Waals surface area (Å²) in [5.74, 6) is 0. The first-order valence-electron chi connectivity index (χ1n) is 5.09. The number of hydrogen-bond donors (Lipinski definition) is 1. The van der Waals surface area contributed by atoms with Gasteiger partial charge in [0.15, 0.2) is 0 Å². The fraction of sp³-hybridized carbons (Fsp3) is 1.00. The molecule has 18 heteroatoms. The van der Waals surface area contributed by atoms with E-state index in [2.05, 4.69) is 8.37 Å². The fourth-order valence-electron chi connectivity index (χ4n) is 0.804. The number of alkyl halides is 6. The zero-order chi connectivity index (χ0) is 19.6. The third-order valence-corrected chi connectivity index (χ3v) is 4.20. The van der Waals surface area contributed by atoms with Crippen molar-refractivity contribution in [2.75, 3.05) is 19.8 Å². The van der Waals surface area contributed by atoms with Crippen molar-refractivity contribution in [3.8, 4) is 0 Å². The molecule has 0 atom stereocenters. The molecule has 144 valence electrons. The van der Waals surface area contributed by atoms with Crippen LogP contribution in [0.4, 0.5) is 26.3 Å². The van der Waals surface area contributed by atoms with Gasteiger partial charge in [-0.2, -0.15) is 43.2 Å². The first kappa shape index (κ1) is 22.8. The lowest BCUT2D eigenvalue weighted by Gasteiger charge is -2.22. The van der Waals surface area contributed by atoms with Crippen LogP contribution in [-0.4, -0.2) is 63.2 Å². The molecule has 0 heterocycles. The summed E-state index contributed by atoms with van der Waals surface area (Å²) in [4.78, 5) is 8.97. The van der Waals surface area contributed by atoms with Crippen molar-refractivity contribution in [1.29, 1.82) is 0 Å². The molecule has 0 aliphatic rings. The van der Waals surface area contributed by atoms with E-state index >= 15 is 0 Å². The van der Waals surface area contributed by atoms with Gasteiger partial charge in [0.05, 0.1) is 0 Å². The normalized spacial score (nSPS) is 14.6. The summed E-state index contributed by atoms with van der Waals surface area (Å²) in [6.45, 7) is -6.20. The standard InChI is InChI=1S/C6H7F6NO9S2/c7-5(8,9)23(17,18)21-2-4(1-14,13(15)16)3-22-24(19,20)6(10,11)12/h14H,1-3H2. The summed E-state index contributed by atoms with van der Waals surface area (Å²) in [7, 11) is -12.8. The number of hydrogen-bond acceptors (Lipinski definition) is 9. The molecule has 0 amide bonds. The number of halogens is 6. The Hall–Kier alpha value is -1.24. The van der Waals surface area contributed by atoms with Gasteiger partial charge in [0.25, 0.3) is 5.54 Å². The second-order valence-corrected chi connectivity index (χ2v) is 7.18. The van der Waals surface area contributed by atoms with Gasteiger partial charge in [-0.15, -0.1) is 0 Å². The van der Waals surface area contributed by atoms with E-state index in [1.165, 1.54) is 0 Å². The predicted molar refractivity (Wildman–Crippen MR) is 58.7 cm³/mol. The minimum absolute atomic E-state index is 1.75. The van der Waals surface area contributed by atoms with E-state index in [0.29, 0.717) is 0 Å². The highest BCUT2D eigenvalue weighted by molar-refractivity contribution is 7.87. The van der Waals surface area contributed by atoms with Gasteiger partial charge in [-0.3, -0.25) is 18.5 Å². The molecule has 1 N–H and O–H groups in total. The van der Waals surface area contributed by atoms with Crippen molar-refractivity contribution < 1.29 is 61.6 Å². The van der Waals surface area contributed by atoms with Crippen molar-refractivity contribution in [2.45, 2.75) is 16.6 Å². The third-order valence-electron chi connectivity index (χ3n) is 2.21. The van der Waals surface area contributed by atoms with Crippen molar-refractivity contribution in [1.82, 2.24) is 0 Å². The first-order chi connectivity index (χ1) is 10.4. The van der Waals surface area contributed by atoms with Gasteiger partial charge >= 0.3 is 31.3 Å². The van der Waals surface area contributed by atoms with E-state index < -0.39 is 61.5 Å². The van der Waals surface area contributed by atoms with Gasteiger partial charge in [0, 0.05) is 4.92 Å². The van der Waals surface area contributed by atoms with E-state index in [4.69, 9.17) is 5.11 Å². The van der Waals surface area contributed by atoms with Gasteiger partial charge in [-0.25, -0.2) is 0 Å². The first-order valence-corrected chi connectivity index (χ1v) is 7.90. The van der Waals surface area contributed by atoms with E-state index in [1.54, 1.807) is 0 Å². The second-order valence-electron chi connectivity index (χ2n) is 3.96. The summed E-state index contributed by atoms with van der Waals surface area (Å²) >= 11 is 0. The van der Waals surface area contributed by atoms with Gasteiger partial charge < -0.3 is 5.11 Å².